The summed E-state index contributed by atoms with van der Waals surface area (Å²) in [5.74, 6) is 0.472. The van der Waals surface area contributed by atoms with Gasteiger partial charge >= 0.3 is 0 Å². The molecule has 0 aromatic heterocycles. The fraction of sp³-hybridized carbons (Fsp3) is 1.00. The van der Waals surface area contributed by atoms with Crippen molar-refractivity contribution in [3.8, 4) is 0 Å². The summed E-state index contributed by atoms with van der Waals surface area (Å²) in [7, 11) is 6.99. The molecular formula is C12H30N2O4. The Labute approximate surface area is 111 Å². The van der Waals surface area contributed by atoms with Crippen LogP contribution >= 0.6 is 0 Å². The number of nitrogens with one attached hydrogen (secondary N) is 2. The molecule has 6 nitrogen and oxygen atoms in total. The van der Waals surface area contributed by atoms with Gasteiger partial charge in [-0.25, -0.2) is 0 Å². The quantitative estimate of drug-likeness (QED) is 0.403. The molecule has 0 aliphatic rings. The minimum atomic E-state index is 0.189. The normalized spacial score (nSPS) is 13.7. The molecule has 0 heterocycles. The average Bonchev–Trinajstić information content (AvgIpc) is 2.39. The summed E-state index contributed by atoms with van der Waals surface area (Å²) in [5.41, 5.74) is 0. The van der Waals surface area contributed by atoms with Crippen molar-refractivity contribution in [1.82, 2.24) is 10.6 Å². The third-order valence-electron chi connectivity index (χ3n) is 2.31. The first-order valence-electron chi connectivity index (χ1n) is 6.18. The maximum atomic E-state index is 8.67. The van der Waals surface area contributed by atoms with Crippen molar-refractivity contribution in [2.24, 2.45) is 11.8 Å². The highest BCUT2D eigenvalue weighted by molar-refractivity contribution is 4.57. The van der Waals surface area contributed by atoms with Crippen LogP contribution in [0.3, 0.4) is 0 Å². The maximum absolute atomic E-state index is 8.67. The molecule has 0 aromatic rings. The van der Waals surface area contributed by atoms with Crippen LogP contribution in [0.25, 0.3) is 0 Å². The summed E-state index contributed by atoms with van der Waals surface area (Å²) in [6.45, 7) is 3.24. The molecule has 0 unspecified atom stereocenters. The van der Waals surface area contributed by atoms with Crippen molar-refractivity contribution < 1.29 is 19.7 Å². The molecule has 0 aliphatic carbocycles. The highest BCUT2D eigenvalue weighted by atomic mass is 16.5. The standard InChI is InChI=1S/2C6H15NO2/c2*1-7-3-6(4-8)5-9-2/h2*6-8H,3-5H2,1-2H3/t2*6-/m10/s1. The third kappa shape index (κ3) is 13.8. The molecular weight excluding hydrogens is 236 g/mol. The third-order valence-corrected chi connectivity index (χ3v) is 2.31. The van der Waals surface area contributed by atoms with Gasteiger partial charge in [0.1, 0.15) is 0 Å². The highest BCUT2D eigenvalue weighted by Gasteiger charge is 2.03. The van der Waals surface area contributed by atoms with Crippen molar-refractivity contribution in [3.63, 3.8) is 0 Å². The van der Waals surface area contributed by atoms with Gasteiger partial charge in [0.05, 0.1) is 13.2 Å². The van der Waals surface area contributed by atoms with Gasteiger partial charge in [-0.05, 0) is 14.1 Å². The second-order valence-electron chi connectivity index (χ2n) is 4.12. The van der Waals surface area contributed by atoms with Crippen LogP contribution in [0.5, 0.6) is 0 Å². The Kier molecular flexibility index (Phi) is 18.7. The number of aliphatic hydroxyl groups is 2. The first kappa shape index (κ1) is 20.1. The molecule has 6 heteroatoms. The van der Waals surface area contributed by atoms with Gasteiger partial charge in [-0.1, -0.05) is 0 Å². The van der Waals surface area contributed by atoms with Gasteiger partial charge in [0.2, 0.25) is 0 Å². The van der Waals surface area contributed by atoms with Gasteiger partial charge in [0, 0.05) is 52.4 Å². The van der Waals surface area contributed by atoms with Crippen molar-refractivity contribution in [2.45, 2.75) is 0 Å². The molecule has 112 valence electrons. The number of rotatable bonds is 10. The van der Waals surface area contributed by atoms with Crippen molar-refractivity contribution in [1.29, 1.82) is 0 Å². The minimum absolute atomic E-state index is 0.189. The summed E-state index contributed by atoms with van der Waals surface area (Å²) >= 11 is 0. The van der Waals surface area contributed by atoms with E-state index in [4.69, 9.17) is 19.7 Å². The lowest BCUT2D eigenvalue weighted by atomic mass is 10.2. The van der Waals surface area contributed by atoms with Gasteiger partial charge < -0.3 is 30.3 Å². The van der Waals surface area contributed by atoms with E-state index in [0.717, 1.165) is 13.1 Å². The Bertz CT molecular complexity index is 122. The molecule has 0 fully saturated rings. The molecule has 0 bridgehead atoms. The fourth-order valence-corrected chi connectivity index (χ4v) is 1.40. The van der Waals surface area contributed by atoms with Crippen LogP contribution < -0.4 is 10.6 Å². The summed E-state index contributed by atoms with van der Waals surface area (Å²) in [4.78, 5) is 0. The van der Waals surface area contributed by atoms with Crippen LogP contribution in [0.4, 0.5) is 0 Å². The molecule has 0 saturated heterocycles. The Morgan fingerprint density at radius 3 is 1.33 bits per heavy atom. The van der Waals surface area contributed by atoms with Crippen molar-refractivity contribution in [3.05, 3.63) is 0 Å². The molecule has 0 aromatic carbocycles. The minimum Gasteiger partial charge on any atom is -0.396 e. The van der Waals surface area contributed by atoms with E-state index >= 15 is 0 Å². The Hall–Kier alpha value is -0.240. The predicted molar refractivity (Wildman–Crippen MR) is 72.8 cm³/mol. The zero-order valence-corrected chi connectivity index (χ0v) is 12.1. The first-order chi connectivity index (χ1) is 8.69. The van der Waals surface area contributed by atoms with Crippen LogP contribution in [0.1, 0.15) is 0 Å². The van der Waals surface area contributed by atoms with Crippen LogP contribution in [0.2, 0.25) is 0 Å². The number of aliphatic hydroxyl groups excluding tert-OH is 2. The first-order valence-corrected chi connectivity index (χ1v) is 6.18. The van der Waals surface area contributed by atoms with Crippen molar-refractivity contribution >= 4 is 0 Å². The lowest BCUT2D eigenvalue weighted by molar-refractivity contribution is 0.110. The van der Waals surface area contributed by atoms with Gasteiger partial charge in [0.25, 0.3) is 0 Å². The van der Waals surface area contributed by atoms with Gasteiger partial charge in [0.15, 0.2) is 0 Å². The zero-order valence-electron chi connectivity index (χ0n) is 12.1. The van der Waals surface area contributed by atoms with Crippen molar-refractivity contribution in [2.75, 3.05) is 67.8 Å². The summed E-state index contributed by atoms with van der Waals surface area (Å²) in [5, 5.41) is 23.3. The SMILES string of the molecule is CNC[C@@H](CO)COC.CNC[C@H](CO)COC. The van der Waals surface area contributed by atoms with E-state index in [9.17, 15) is 0 Å². The topological polar surface area (TPSA) is 83.0 Å². The Morgan fingerprint density at radius 2 is 1.17 bits per heavy atom. The monoisotopic (exact) mass is 266 g/mol. The summed E-state index contributed by atoms with van der Waals surface area (Å²) in [6.07, 6.45) is 0. The number of hydrogen-bond donors (Lipinski definition) is 4. The molecule has 0 aliphatic heterocycles. The van der Waals surface area contributed by atoms with E-state index in [-0.39, 0.29) is 25.0 Å². The molecule has 0 radical (unpaired) electrons. The van der Waals surface area contributed by atoms with Gasteiger partial charge in [-0.3, -0.25) is 0 Å². The summed E-state index contributed by atoms with van der Waals surface area (Å²) in [6, 6.07) is 0. The molecule has 0 spiro atoms. The molecule has 4 N–H and O–H groups in total. The number of hydrogen-bond acceptors (Lipinski definition) is 6. The van der Waals surface area contributed by atoms with Crippen LogP contribution in [0, 0.1) is 11.8 Å². The largest absolute Gasteiger partial charge is 0.396 e. The van der Waals surface area contributed by atoms with Crippen LogP contribution in [-0.4, -0.2) is 78.0 Å². The number of ether oxygens (including phenoxy) is 2. The average molecular weight is 266 g/mol. The fourth-order valence-electron chi connectivity index (χ4n) is 1.40. The molecule has 18 heavy (non-hydrogen) atoms. The maximum Gasteiger partial charge on any atom is 0.0524 e. The van der Waals surface area contributed by atoms with E-state index in [0.29, 0.717) is 13.2 Å². The van der Waals surface area contributed by atoms with E-state index in [1.165, 1.54) is 0 Å². The lowest BCUT2D eigenvalue weighted by Crippen LogP contribution is -2.25. The number of methoxy groups -OCH3 is 2. The molecule has 2 atom stereocenters. The molecule has 0 amide bonds. The van der Waals surface area contributed by atoms with Crippen LogP contribution in [0.15, 0.2) is 0 Å². The zero-order chi connectivity index (χ0) is 14.2. The highest BCUT2D eigenvalue weighted by Crippen LogP contribution is 1.92. The van der Waals surface area contributed by atoms with E-state index < -0.39 is 0 Å². The second-order valence-corrected chi connectivity index (χ2v) is 4.12. The molecule has 0 saturated carbocycles. The van der Waals surface area contributed by atoms with E-state index in [1.807, 2.05) is 14.1 Å². The predicted octanol–water partition coefficient (Wildman–Crippen LogP) is -1.08. The summed E-state index contributed by atoms with van der Waals surface area (Å²) < 4.78 is 9.69. The van der Waals surface area contributed by atoms with Crippen LogP contribution in [-0.2, 0) is 9.47 Å². The van der Waals surface area contributed by atoms with E-state index in [2.05, 4.69) is 10.6 Å². The molecule has 0 rings (SSSR count). The smallest absolute Gasteiger partial charge is 0.0524 e. The lowest BCUT2D eigenvalue weighted by Gasteiger charge is -2.10. The Morgan fingerprint density at radius 1 is 0.833 bits per heavy atom. The second kappa shape index (κ2) is 16.8. The Balaban J connectivity index is 0. The van der Waals surface area contributed by atoms with E-state index in [1.54, 1.807) is 14.2 Å². The van der Waals surface area contributed by atoms with Gasteiger partial charge in [-0.2, -0.15) is 0 Å². The van der Waals surface area contributed by atoms with Gasteiger partial charge in [-0.15, -0.1) is 0 Å².